The van der Waals surface area contributed by atoms with E-state index < -0.39 is 5.54 Å². The summed E-state index contributed by atoms with van der Waals surface area (Å²) < 4.78 is 14.0. The lowest BCUT2D eigenvalue weighted by atomic mass is 9.91. The quantitative estimate of drug-likeness (QED) is 0.722. The Balaban J connectivity index is 2.93. The molecule has 0 aliphatic rings. The SMILES string of the molecule is CC(C)(CO)NC(=O)c1cc(C(C)(C)C)n(CCCCCF)n1. The third kappa shape index (κ3) is 5.94. The lowest BCUT2D eigenvalue weighted by Gasteiger charge is -2.22. The van der Waals surface area contributed by atoms with Gasteiger partial charge < -0.3 is 10.4 Å². The Kier molecular flexibility index (Phi) is 6.74. The van der Waals surface area contributed by atoms with E-state index in [1.807, 2.05) is 4.68 Å². The van der Waals surface area contributed by atoms with Crippen LogP contribution in [0.4, 0.5) is 4.39 Å². The Morgan fingerprint density at radius 2 is 1.91 bits per heavy atom. The highest BCUT2D eigenvalue weighted by molar-refractivity contribution is 5.92. The molecule has 0 saturated heterocycles. The Bertz CT molecular complexity index is 518. The van der Waals surface area contributed by atoms with Gasteiger partial charge in [0.05, 0.1) is 18.8 Å². The molecule has 1 amide bonds. The number of alkyl halides is 1. The Morgan fingerprint density at radius 3 is 2.43 bits per heavy atom. The minimum Gasteiger partial charge on any atom is -0.394 e. The van der Waals surface area contributed by atoms with Gasteiger partial charge >= 0.3 is 0 Å². The van der Waals surface area contributed by atoms with Crippen LogP contribution in [0.5, 0.6) is 0 Å². The molecule has 0 aromatic carbocycles. The van der Waals surface area contributed by atoms with Crippen molar-refractivity contribution in [2.75, 3.05) is 13.3 Å². The predicted molar refractivity (Wildman–Crippen MR) is 89.4 cm³/mol. The Labute approximate surface area is 138 Å². The number of nitrogens with one attached hydrogen (secondary N) is 1. The molecule has 0 fully saturated rings. The van der Waals surface area contributed by atoms with Gasteiger partial charge in [0.1, 0.15) is 5.69 Å². The number of unbranched alkanes of at least 4 members (excludes halogenated alkanes) is 2. The maximum Gasteiger partial charge on any atom is 0.272 e. The summed E-state index contributed by atoms with van der Waals surface area (Å²) in [6.45, 7) is 9.95. The fourth-order valence-corrected chi connectivity index (χ4v) is 2.25. The molecule has 0 unspecified atom stereocenters. The molecule has 5 nitrogen and oxygen atoms in total. The molecule has 0 atom stereocenters. The molecule has 1 heterocycles. The van der Waals surface area contributed by atoms with Crippen molar-refractivity contribution in [2.45, 2.75) is 71.4 Å². The van der Waals surface area contributed by atoms with Crippen molar-refractivity contribution in [1.82, 2.24) is 15.1 Å². The number of rotatable bonds is 8. The molecular weight excluding hydrogens is 297 g/mol. The lowest BCUT2D eigenvalue weighted by molar-refractivity contribution is 0.0863. The second kappa shape index (κ2) is 7.90. The first-order valence-corrected chi connectivity index (χ1v) is 8.18. The molecule has 0 radical (unpaired) electrons. The largest absolute Gasteiger partial charge is 0.394 e. The summed E-state index contributed by atoms with van der Waals surface area (Å²) in [5, 5.41) is 16.5. The van der Waals surface area contributed by atoms with Crippen LogP contribution >= 0.6 is 0 Å². The molecule has 1 aromatic rings. The van der Waals surface area contributed by atoms with Crippen molar-refractivity contribution in [1.29, 1.82) is 0 Å². The average Bonchev–Trinajstić information content (AvgIpc) is 2.87. The van der Waals surface area contributed by atoms with Crippen LogP contribution in [-0.4, -0.2) is 39.6 Å². The lowest BCUT2D eigenvalue weighted by Crippen LogP contribution is -2.46. The summed E-state index contributed by atoms with van der Waals surface area (Å²) in [7, 11) is 0. The Hall–Kier alpha value is -1.43. The summed E-state index contributed by atoms with van der Waals surface area (Å²) in [6.07, 6.45) is 2.20. The number of nitrogens with zero attached hydrogens (tertiary/aromatic N) is 2. The number of hydrogen-bond acceptors (Lipinski definition) is 3. The Morgan fingerprint density at radius 1 is 1.26 bits per heavy atom. The van der Waals surface area contributed by atoms with Gasteiger partial charge in [-0.1, -0.05) is 20.8 Å². The number of halogens is 1. The molecule has 0 aliphatic carbocycles. The standard InChI is InChI=1S/C17H30FN3O2/c1-16(2,3)14-11-13(15(23)19-17(4,5)12-22)20-21(14)10-8-6-7-9-18/h11,22H,6-10,12H2,1-5H3,(H,19,23). The average molecular weight is 327 g/mol. The number of hydrogen-bond donors (Lipinski definition) is 2. The zero-order valence-corrected chi connectivity index (χ0v) is 14.9. The molecule has 0 aliphatic heterocycles. The van der Waals surface area contributed by atoms with E-state index in [-0.39, 0.29) is 24.6 Å². The molecule has 0 saturated carbocycles. The van der Waals surface area contributed by atoms with Crippen molar-refractivity contribution in [2.24, 2.45) is 0 Å². The minimum absolute atomic E-state index is 0.141. The van der Waals surface area contributed by atoms with Crippen LogP contribution in [0.25, 0.3) is 0 Å². The topological polar surface area (TPSA) is 67.2 Å². The number of aliphatic hydroxyl groups is 1. The predicted octanol–water partition coefficient (Wildman–Crippen LogP) is 2.82. The third-order valence-corrected chi connectivity index (χ3v) is 3.63. The first-order valence-electron chi connectivity index (χ1n) is 8.18. The number of carbonyl (C=O) groups is 1. The number of aliphatic hydroxyl groups excluding tert-OH is 1. The second-order valence-corrected chi connectivity index (χ2v) is 7.63. The molecule has 132 valence electrons. The highest BCUT2D eigenvalue weighted by Gasteiger charge is 2.26. The highest BCUT2D eigenvalue weighted by atomic mass is 19.1. The number of amides is 1. The zero-order chi connectivity index (χ0) is 17.7. The summed E-state index contributed by atoms with van der Waals surface area (Å²) in [5.74, 6) is -0.294. The van der Waals surface area contributed by atoms with E-state index in [9.17, 15) is 14.3 Å². The normalized spacial score (nSPS) is 12.5. The van der Waals surface area contributed by atoms with Gasteiger partial charge in [0.2, 0.25) is 0 Å². The fourth-order valence-electron chi connectivity index (χ4n) is 2.25. The molecule has 0 spiro atoms. The van der Waals surface area contributed by atoms with E-state index in [0.29, 0.717) is 18.7 Å². The summed E-state index contributed by atoms with van der Waals surface area (Å²) in [5.41, 5.74) is 0.494. The van der Waals surface area contributed by atoms with Crippen molar-refractivity contribution in [3.05, 3.63) is 17.5 Å². The van der Waals surface area contributed by atoms with E-state index in [4.69, 9.17) is 0 Å². The van der Waals surface area contributed by atoms with Gasteiger partial charge in [-0.2, -0.15) is 5.10 Å². The minimum atomic E-state index is -0.691. The zero-order valence-electron chi connectivity index (χ0n) is 14.9. The van der Waals surface area contributed by atoms with E-state index in [1.54, 1.807) is 19.9 Å². The van der Waals surface area contributed by atoms with Crippen LogP contribution in [0, 0.1) is 0 Å². The van der Waals surface area contributed by atoms with Gasteiger partial charge in [-0.15, -0.1) is 0 Å². The molecule has 23 heavy (non-hydrogen) atoms. The smallest absolute Gasteiger partial charge is 0.272 e. The molecule has 1 aromatic heterocycles. The van der Waals surface area contributed by atoms with E-state index in [2.05, 4.69) is 31.2 Å². The van der Waals surface area contributed by atoms with Crippen LogP contribution in [0.1, 0.15) is 70.1 Å². The number of carbonyl (C=O) groups excluding carboxylic acids is 1. The van der Waals surface area contributed by atoms with E-state index in [0.717, 1.165) is 18.5 Å². The summed E-state index contributed by atoms with van der Waals surface area (Å²) >= 11 is 0. The van der Waals surface area contributed by atoms with Gasteiger partial charge in [0, 0.05) is 17.7 Å². The fraction of sp³-hybridized carbons (Fsp3) is 0.765. The van der Waals surface area contributed by atoms with Gasteiger partial charge in [-0.3, -0.25) is 13.9 Å². The second-order valence-electron chi connectivity index (χ2n) is 7.63. The third-order valence-electron chi connectivity index (χ3n) is 3.63. The molecule has 6 heteroatoms. The van der Waals surface area contributed by atoms with Crippen molar-refractivity contribution in [3.8, 4) is 0 Å². The molecule has 0 bridgehead atoms. The monoisotopic (exact) mass is 327 g/mol. The molecule has 1 rings (SSSR count). The van der Waals surface area contributed by atoms with Crippen LogP contribution in [0.2, 0.25) is 0 Å². The molecule has 2 N–H and O–H groups in total. The summed E-state index contributed by atoms with van der Waals surface area (Å²) in [4.78, 5) is 12.3. The van der Waals surface area contributed by atoms with Crippen LogP contribution in [0.15, 0.2) is 6.07 Å². The number of aryl methyl sites for hydroxylation is 1. The van der Waals surface area contributed by atoms with Gasteiger partial charge in [-0.05, 0) is 39.2 Å². The van der Waals surface area contributed by atoms with Crippen molar-refractivity contribution in [3.63, 3.8) is 0 Å². The van der Waals surface area contributed by atoms with Crippen LogP contribution < -0.4 is 5.32 Å². The number of aromatic nitrogens is 2. The first-order chi connectivity index (χ1) is 10.6. The first kappa shape index (κ1) is 19.6. The summed E-state index contributed by atoms with van der Waals surface area (Å²) in [6, 6.07) is 1.80. The maximum absolute atomic E-state index is 12.3. The van der Waals surface area contributed by atoms with E-state index in [1.165, 1.54) is 0 Å². The van der Waals surface area contributed by atoms with Crippen molar-refractivity contribution >= 4 is 5.91 Å². The van der Waals surface area contributed by atoms with Gasteiger partial charge in [-0.25, -0.2) is 0 Å². The highest BCUT2D eigenvalue weighted by Crippen LogP contribution is 2.24. The van der Waals surface area contributed by atoms with Crippen LogP contribution in [-0.2, 0) is 12.0 Å². The maximum atomic E-state index is 12.3. The van der Waals surface area contributed by atoms with E-state index >= 15 is 0 Å². The van der Waals surface area contributed by atoms with Crippen molar-refractivity contribution < 1.29 is 14.3 Å². The van der Waals surface area contributed by atoms with Crippen LogP contribution in [0.3, 0.4) is 0 Å². The van der Waals surface area contributed by atoms with Gasteiger partial charge in [0.25, 0.3) is 5.91 Å². The van der Waals surface area contributed by atoms with Gasteiger partial charge in [0.15, 0.2) is 0 Å². The molecular formula is C17H30FN3O2.